The molecule has 0 amide bonds. The lowest BCUT2D eigenvalue weighted by atomic mass is 9.99. The first-order valence-electron chi connectivity index (χ1n) is 7.30. The van der Waals surface area contributed by atoms with Crippen molar-refractivity contribution < 1.29 is 32.2 Å². The Morgan fingerprint density at radius 2 is 1.78 bits per heavy atom. The molecule has 1 aliphatic rings. The second kappa shape index (κ2) is 7.11. The summed E-state index contributed by atoms with van der Waals surface area (Å²) >= 11 is 0. The molecule has 2 N–H and O–H groups in total. The highest BCUT2D eigenvalue weighted by atomic mass is 19.4. The van der Waals surface area contributed by atoms with E-state index in [1.165, 1.54) is 0 Å². The summed E-state index contributed by atoms with van der Waals surface area (Å²) in [5.74, 6) is -2.45. The van der Waals surface area contributed by atoms with Gasteiger partial charge in [-0.3, -0.25) is 4.90 Å². The van der Waals surface area contributed by atoms with Gasteiger partial charge in [0.2, 0.25) is 0 Å². The van der Waals surface area contributed by atoms with Crippen LogP contribution in [0.5, 0.6) is 0 Å². The highest BCUT2D eigenvalue weighted by Gasteiger charge is 2.33. The zero-order chi connectivity index (χ0) is 17.2. The summed E-state index contributed by atoms with van der Waals surface area (Å²) < 4.78 is 65.1. The van der Waals surface area contributed by atoms with E-state index in [-0.39, 0.29) is 25.6 Å². The van der Waals surface area contributed by atoms with Crippen LogP contribution in [0.4, 0.5) is 22.0 Å². The van der Waals surface area contributed by atoms with Crippen LogP contribution in [0.25, 0.3) is 0 Å². The Kier molecular flexibility index (Phi) is 5.59. The highest BCUT2D eigenvalue weighted by Crippen LogP contribution is 2.31. The number of aliphatic hydroxyl groups excluding tert-OH is 2. The molecule has 23 heavy (non-hydrogen) atoms. The summed E-state index contributed by atoms with van der Waals surface area (Å²) in [5.41, 5.74) is -1.76. The minimum atomic E-state index is -4.80. The van der Waals surface area contributed by atoms with Gasteiger partial charge >= 0.3 is 6.18 Å². The SMILES string of the molecule is OCC1CC(O)CCN1CCc1c(F)cc(C(F)(F)F)cc1F. The van der Waals surface area contributed by atoms with Crippen LogP contribution in [0, 0.1) is 11.6 Å². The molecule has 2 rings (SSSR count). The van der Waals surface area contributed by atoms with Gasteiger partial charge < -0.3 is 10.2 Å². The third kappa shape index (κ3) is 4.39. The third-order valence-corrected chi connectivity index (χ3v) is 4.14. The number of halogens is 5. The topological polar surface area (TPSA) is 43.7 Å². The summed E-state index contributed by atoms with van der Waals surface area (Å²) in [7, 11) is 0. The van der Waals surface area contributed by atoms with Crippen LogP contribution >= 0.6 is 0 Å². The van der Waals surface area contributed by atoms with Gasteiger partial charge in [-0.1, -0.05) is 0 Å². The smallest absolute Gasteiger partial charge is 0.395 e. The van der Waals surface area contributed by atoms with Crippen LogP contribution in [0.3, 0.4) is 0 Å². The Morgan fingerprint density at radius 1 is 1.17 bits per heavy atom. The number of hydrogen-bond acceptors (Lipinski definition) is 3. The summed E-state index contributed by atoms with van der Waals surface area (Å²) in [6, 6.07) is 0.267. The molecule has 0 saturated carbocycles. The fourth-order valence-electron chi connectivity index (χ4n) is 2.82. The number of aliphatic hydroxyl groups is 2. The predicted molar refractivity (Wildman–Crippen MR) is 72.8 cm³/mol. The van der Waals surface area contributed by atoms with Crippen molar-refractivity contribution in [3.05, 3.63) is 34.9 Å². The third-order valence-electron chi connectivity index (χ3n) is 4.14. The fraction of sp³-hybridized carbons (Fsp3) is 0.600. The van der Waals surface area contributed by atoms with Crippen molar-refractivity contribution in [1.82, 2.24) is 4.90 Å². The lowest BCUT2D eigenvalue weighted by molar-refractivity contribution is -0.138. The van der Waals surface area contributed by atoms with Crippen LogP contribution in [0.2, 0.25) is 0 Å². The molecule has 1 saturated heterocycles. The number of likely N-dealkylation sites (tertiary alicyclic amines) is 1. The first kappa shape index (κ1) is 18.1. The molecule has 0 radical (unpaired) electrons. The Balaban J connectivity index is 2.09. The number of nitrogens with zero attached hydrogens (tertiary/aromatic N) is 1. The lowest BCUT2D eigenvalue weighted by Crippen LogP contribution is -2.47. The van der Waals surface area contributed by atoms with E-state index in [0.717, 1.165) is 0 Å². The van der Waals surface area contributed by atoms with E-state index in [1.54, 1.807) is 4.90 Å². The maximum absolute atomic E-state index is 13.8. The summed E-state index contributed by atoms with van der Waals surface area (Å²) in [6.45, 7) is 0.447. The molecule has 130 valence electrons. The first-order chi connectivity index (χ1) is 10.7. The molecule has 2 unspecified atom stereocenters. The van der Waals surface area contributed by atoms with E-state index in [0.29, 0.717) is 31.5 Å². The molecule has 0 spiro atoms. The van der Waals surface area contributed by atoms with E-state index in [2.05, 4.69) is 0 Å². The molecule has 2 atom stereocenters. The van der Waals surface area contributed by atoms with E-state index in [9.17, 15) is 32.2 Å². The van der Waals surface area contributed by atoms with Gasteiger partial charge in [-0.05, 0) is 31.4 Å². The summed E-state index contributed by atoms with van der Waals surface area (Å²) in [6.07, 6.45) is -4.60. The van der Waals surface area contributed by atoms with Crippen LogP contribution < -0.4 is 0 Å². The van der Waals surface area contributed by atoms with Crippen LogP contribution in [0.15, 0.2) is 12.1 Å². The molecule has 1 aliphatic heterocycles. The van der Waals surface area contributed by atoms with Crippen molar-refractivity contribution in [2.24, 2.45) is 0 Å². The van der Waals surface area contributed by atoms with Crippen molar-refractivity contribution in [2.75, 3.05) is 19.7 Å². The molecule has 0 aliphatic carbocycles. The normalized spacial score (nSPS) is 23.3. The van der Waals surface area contributed by atoms with Gasteiger partial charge in [-0.2, -0.15) is 13.2 Å². The van der Waals surface area contributed by atoms with Gasteiger partial charge in [0.05, 0.1) is 18.3 Å². The number of rotatable bonds is 4. The molecule has 1 fully saturated rings. The number of benzene rings is 1. The standard InChI is InChI=1S/C15H18F5NO2/c16-13-5-9(15(18,19)20)6-14(17)12(13)2-4-21-3-1-11(23)7-10(21)8-22/h5-6,10-11,22-23H,1-4,7-8H2. The average molecular weight is 339 g/mol. The van der Waals surface area contributed by atoms with Gasteiger partial charge in [0.25, 0.3) is 0 Å². The van der Waals surface area contributed by atoms with E-state index < -0.39 is 35.0 Å². The molecule has 1 aromatic rings. The largest absolute Gasteiger partial charge is 0.416 e. The molecule has 3 nitrogen and oxygen atoms in total. The van der Waals surface area contributed by atoms with Crippen LogP contribution in [-0.4, -0.2) is 47.0 Å². The minimum absolute atomic E-state index is 0.109. The van der Waals surface area contributed by atoms with Crippen molar-refractivity contribution in [1.29, 1.82) is 0 Å². The van der Waals surface area contributed by atoms with Gasteiger partial charge in [-0.15, -0.1) is 0 Å². The maximum Gasteiger partial charge on any atom is 0.416 e. The average Bonchev–Trinajstić information content (AvgIpc) is 2.46. The Hall–Kier alpha value is -1.25. The van der Waals surface area contributed by atoms with Crippen molar-refractivity contribution in [3.8, 4) is 0 Å². The van der Waals surface area contributed by atoms with E-state index in [4.69, 9.17) is 0 Å². The Morgan fingerprint density at radius 3 is 2.30 bits per heavy atom. The Bertz CT molecular complexity index is 526. The number of alkyl halides is 3. The number of piperidine rings is 1. The molecule has 8 heteroatoms. The zero-order valence-electron chi connectivity index (χ0n) is 12.3. The van der Waals surface area contributed by atoms with Crippen molar-refractivity contribution in [3.63, 3.8) is 0 Å². The predicted octanol–water partition coefficient (Wildman–Crippen LogP) is 2.34. The lowest BCUT2D eigenvalue weighted by Gasteiger charge is -2.36. The summed E-state index contributed by atoms with van der Waals surface area (Å²) in [4.78, 5) is 1.78. The van der Waals surface area contributed by atoms with Gasteiger partial charge in [-0.25, -0.2) is 8.78 Å². The molecular formula is C15H18F5NO2. The maximum atomic E-state index is 13.8. The number of hydrogen-bond donors (Lipinski definition) is 2. The van der Waals surface area contributed by atoms with Crippen LogP contribution in [0.1, 0.15) is 24.0 Å². The fourth-order valence-corrected chi connectivity index (χ4v) is 2.82. The molecule has 0 bridgehead atoms. The van der Waals surface area contributed by atoms with E-state index >= 15 is 0 Å². The van der Waals surface area contributed by atoms with Crippen molar-refractivity contribution in [2.45, 2.75) is 37.6 Å². The van der Waals surface area contributed by atoms with Gasteiger partial charge in [0.1, 0.15) is 11.6 Å². The van der Waals surface area contributed by atoms with Crippen molar-refractivity contribution >= 4 is 0 Å². The highest BCUT2D eigenvalue weighted by molar-refractivity contribution is 5.28. The minimum Gasteiger partial charge on any atom is -0.395 e. The molecule has 0 aromatic heterocycles. The molecule has 1 heterocycles. The van der Waals surface area contributed by atoms with Crippen LogP contribution in [-0.2, 0) is 12.6 Å². The zero-order valence-corrected chi connectivity index (χ0v) is 12.3. The first-order valence-corrected chi connectivity index (χ1v) is 7.30. The second-order valence-corrected chi connectivity index (χ2v) is 5.72. The second-order valence-electron chi connectivity index (χ2n) is 5.72. The molecule has 1 aromatic carbocycles. The molecular weight excluding hydrogens is 321 g/mol. The van der Waals surface area contributed by atoms with Gasteiger partial charge in [0.15, 0.2) is 0 Å². The van der Waals surface area contributed by atoms with Gasteiger partial charge in [0, 0.05) is 24.7 Å². The monoisotopic (exact) mass is 339 g/mol. The van der Waals surface area contributed by atoms with E-state index in [1.807, 2.05) is 0 Å². The quantitative estimate of drug-likeness (QED) is 0.828. The summed E-state index contributed by atoms with van der Waals surface area (Å²) in [5, 5.41) is 18.8. The Labute approximate surface area is 130 Å².